The molecule has 0 spiro atoms. The van der Waals surface area contributed by atoms with Crippen LogP contribution >= 0.6 is 0 Å². The Morgan fingerprint density at radius 1 is 0.962 bits per heavy atom. The summed E-state index contributed by atoms with van der Waals surface area (Å²) in [6.07, 6.45) is 1.68. The number of nitrogens with zero attached hydrogens (tertiary/aromatic N) is 1. The summed E-state index contributed by atoms with van der Waals surface area (Å²) < 4.78 is 32.5. The van der Waals surface area contributed by atoms with Crippen LogP contribution in [0.5, 0.6) is 5.75 Å². The lowest BCUT2D eigenvalue weighted by atomic mass is 10.0. The number of rotatable bonds is 5. The predicted molar refractivity (Wildman–Crippen MR) is 97.1 cm³/mol. The first-order valence-corrected chi connectivity index (χ1v) is 8.00. The highest BCUT2D eigenvalue weighted by Crippen LogP contribution is 2.21. The highest BCUT2D eigenvalue weighted by atomic mass is 19.1. The molecule has 0 aliphatic carbocycles. The molecule has 0 atom stereocenters. The van der Waals surface area contributed by atoms with Crippen LogP contribution in [0.1, 0.15) is 16.7 Å². The summed E-state index contributed by atoms with van der Waals surface area (Å²) in [7, 11) is 0. The molecule has 0 saturated carbocycles. The van der Waals surface area contributed by atoms with Gasteiger partial charge in [-0.15, -0.1) is 0 Å². The summed E-state index contributed by atoms with van der Waals surface area (Å²) in [6, 6.07) is 21.5. The van der Waals surface area contributed by atoms with Gasteiger partial charge in [-0.2, -0.15) is 5.26 Å². The largest absolute Gasteiger partial charge is 0.489 e. The Labute approximate surface area is 150 Å². The van der Waals surface area contributed by atoms with Gasteiger partial charge >= 0.3 is 0 Å². The molecule has 0 N–H and O–H groups in total. The molecule has 26 heavy (non-hydrogen) atoms. The standard InChI is InChI=1S/C22H15F2NO/c23-20-6-3-5-17(13-20)19(14-25)12-16-8-10-21(11-9-16)26-15-18-4-1-2-7-22(18)24/h1-13H,15H2/b19-12-. The number of nitriles is 1. The second kappa shape index (κ2) is 8.09. The molecule has 0 amide bonds. The van der Waals surface area contributed by atoms with Gasteiger partial charge in [-0.1, -0.05) is 42.5 Å². The summed E-state index contributed by atoms with van der Waals surface area (Å²) in [5, 5.41) is 9.32. The van der Waals surface area contributed by atoms with Crippen molar-refractivity contribution >= 4 is 11.6 Å². The minimum absolute atomic E-state index is 0.134. The van der Waals surface area contributed by atoms with Gasteiger partial charge in [0.15, 0.2) is 0 Å². The van der Waals surface area contributed by atoms with Crippen molar-refractivity contribution in [2.45, 2.75) is 6.61 Å². The van der Waals surface area contributed by atoms with Crippen molar-refractivity contribution in [1.82, 2.24) is 0 Å². The van der Waals surface area contributed by atoms with Gasteiger partial charge in [0.25, 0.3) is 0 Å². The molecule has 128 valence electrons. The first-order valence-electron chi connectivity index (χ1n) is 8.00. The van der Waals surface area contributed by atoms with Crippen LogP contribution in [0.25, 0.3) is 11.6 Å². The Hall–Kier alpha value is -3.45. The third-order valence-electron chi connectivity index (χ3n) is 3.80. The Kier molecular flexibility index (Phi) is 5.40. The minimum atomic E-state index is -0.388. The van der Waals surface area contributed by atoms with Crippen LogP contribution in [0.3, 0.4) is 0 Å². The summed E-state index contributed by atoms with van der Waals surface area (Å²) in [5.41, 5.74) is 2.15. The van der Waals surface area contributed by atoms with Crippen molar-refractivity contribution in [3.63, 3.8) is 0 Å². The van der Waals surface area contributed by atoms with Crippen molar-refractivity contribution in [1.29, 1.82) is 5.26 Å². The summed E-state index contributed by atoms with van der Waals surface area (Å²) in [4.78, 5) is 0. The van der Waals surface area contributed by atoms with E-state index in [1.165, 1.54) is 18.2 Å². The molecular weight excluding hydrogens is 332 g/mol. The zero-order valence-electron chi connectivity index (χ0n) is 13.8. The van der Waals surface area contributed by atoms with Crippen molar-refractivity contribution in [3.05, 3.63) is 101 Å². The first kappa shape index (κ1) is 17.4. The second-order valence-electron chi connectivity index (χ2n) is 5.63. The number of benzene rings is 3. The molecule has 3 aromatic rings. The number of ether oxygens (including phenoxy) is 1. The minimum Gasteiger partial charge on any atom is -0.489 e. The van der Waals surface area contributed by atoms with Gasteiger partial charge in [-0.3, -0.25) is 0 Å². The molecule has 4 heteroatoms. The summed E-state index contributed by atoms with van der Waals surface area (Å²) >= 11 is 0. The van der Waals surface area contributed by atoms with E-state index < -0.39 is 0 Å². The lowest BCUT2D eigenvalue weighted by molar-refractivity contribution is 0.300. The van der Waals surface area contributed by atoms with Gasteiger partial charge in [0.2, 0.25) is 0 Å². The van der Waals surface area contributed by atoms with Crippen LogP contribution in [0.4, 0.5) is 8.78 Å². The number of allylic oxidation sites excluding steroid dienone is 1. The Balaban J connectivity index is 1.73. The lowest BCUT2D eigenvalue weighted by Gasteiger charge is -2.07. The van der Waals surface area contributed by atoms with Crippen molar-refractivity contribution in [2.75, 3.05) is 0 Å². The maximum atomic E-state index is 13.6. The fraction of sp³-hybridized carbons (Fsp3) is 0.0455. The molecule has 0 radical (unpaired) electrons. The predicted octanol–water partition coefficient (Wildman–Crippen LogP) is 5.61. The van der Waals surface area contributed by atoms with E-state index in [-0.39, 0.29) is 18.2 Å². The molecule has 0 unspecified atom stereocenters. The number of hydrogen-bond acceptors (Lipinski definition) is 2. The maximum absolute atomic E-state index is 13.6. The van der Waals surface area contributed by atoms with Crippen LogP contribution in [-0.4, -0.2) is 0 Å². The van der Waals surface area contributed by atoms with E-state index in [0.29, 0.717) is 22.4 Å². The molecule has 2 nitrogen and oxygen atoms in total. The number of hydrogen-bond donors (Lipinski definition) is 0. The maximum Gasteiger partial charge on any atom is 0.129 e. The lowest BCUT2D eigenvalue weighted by Crippen LogP contribution is -1.98. The van der Waals surface area contributed by atoms with E-state index >= 15 is 0 Å². The molecule has 0 saturated heterocycles. The summed E-state index contributed by atoms with van der Waals surface area (Å²) in [5.74, 6) is -0.101. The normalized spacial score (nSPS) is 11.0. The zero-order valence-corrected chi connectivity index (χ0v) is 13.8. The molecule has 0 bridgehead atoms. The average molecular weight is 347 g/mol. The fourth-order valence-corrected chi connectivity index (χ4v) is 2.44. The molecule has 3 aromatic carbocycles. The number of halogens is 2. The van der Waals surface area contributed by atoms with E-state index in [0.717, 1.165) is 5.56 Å². The Morgan fingerprint density at radius 3 is 2.42 bits per heavy atom. The van der Waals surface area contributed by atoms with Crippen LogP contribution in [0.15, 0.2) is 72.8 Å². The highest BCUT2D eigenvalue weighted by Gasteiger charge is 2.04. The van der Waals surface area contributed by atoms with E-state index in [2.05, 4.69) is 6.07 Å². The van der Waals surface area contributed by atoms with E-state index in [1.54, 1.807) is 60.7 Å². The quantitative estimate of drug-likeness (QED) is 0.444. The molecule has 0 aliphatic rings. The topological polar surface area (TPSA) is 33.0 Å². The van der Waals surface area contributed by atoms with E-state index in [1.807, 2.05) is 0 Å². The van der Waals surface area contributed by atoms with Gasteiger partial charge in [-0.25, -0.2) is 8.78 Å². The van der Waals surface area contributed by atoms with E-state index in [4.69, 9.17) is 4.74 Å². The van der Waals surface area contributed by atoms with Crippen LogP contribution in [-0.2, 0) is 6.61 Å². The first-order chi connectivity index (χ1) is 12.7. The van der Waals surface area contributed by atoms with Gasteiger partial charge in [-0.05, 0) is 47.5 Å². The van der Waals surface area contributed by atoms with Gasteiger partial charge < -0.3 is 4.74 Å². The van der Waals surface area contributed by atoms with Crippen molar-refractivity contribution < 1.29 is 13.5 Å². The van der Waals surface area contributed by atoms with Gasteiger partial charge in [0.05, 0.1) is 11.6 Å². The molecule has 0 aliphatic heterocycles. The third-order valence-corrected chi connectivity index (χ3v) is 3.80. The van der Waals surface area contributed by atoms with Crippen LogP contribution in [0, 0.1) is 23.0 Å². The van der Waals surface area contributed by atoms with E-state index in [9.17, 15) is 14.0 Å². The second-order valence-corrected chi connectivity index (χ2v) is 5.63. The molecular formula is C22H15F2NO. The average Bonchev–Trinajstić information content (AvgIpc) is 2.66. The SMILES string of the molecule is N#C/C(=C/c1ccc(OCc2ccccc2F)cc1)c1cccc(F)c1. The van der Waals surface area contributed by atoms with Crippen molar-refractivity contribution in [3.8, 4) is 11.8 Å². The summed E-state index contributed by atoms with van der Waals surface area (Å²) in [6.45, 7) is 0.134. The highest BCUT2D eigenvalue weighted by molar-refractivity contribution is 5.89. The zero-order chi connectivity index (χ0) is 18.4. The Morgan fingerprint density at radius 2 is 1.73 bits per heavy atom. The van der Waals surface area contributed by atoms with Gasteiger partial charge in [0, 0.05) is 5.56 Å². The monoisotopic (exact) mass is 347 g/mol. The van der Waals surface area contributed by atoms with Crippen LogP contribution in [0.2, 0.25) is 0 Å². The van der Waals surface area contributed by atoms with Crippen LogP contribution < -0.4 is 4.74 Å². The van der Waals surface area contributed by atoms with Crippen molar-refractivity contribution in [2.24, 2.45) is 0 Å². The molecule has 0 heterocycles. The molecule has 3 rings (SSSR count). The van der Waals surface area contributed by atoms with Gasteiger partial charge in [0.1, 0.15) is 24.0 Å². The fourth-order valence-electron chi connectivity index (χ4n) is 2.44. The smallest absolute Gasteiger partial charge is 0.129 e. The Bertz CT molecular complexity index is 972. The molecule has 0 fully saturated rings. The molecule has 0 aromatic heterocycles. The third kappa shape index (κ3) is 4.34.